The van der Waals surface area contributed by atoms with Gasteiger partial charge in [0.2, 0.25) is 0 Å². The van der Waals surface area contributed by atoms with E-state index in [0.29, 0.717) is 0 Å². The Morgan fingerprint density at radius 3 is 2.86 bits per heavy atom. The van der Waals surface area contributed by atoms with Crippen molar-refractivity contribution in [1.82, 2.24) is 15.5 Å². The largest absolute Gasteiger partial charge is 0.356 e. The summed E-state index contributed by atoms with van der Waals surface area (Å²) in [5.41, 5.74) is 0. The van der Waals surface area contributed by atoms with Gasteiger partial charge in [-0.2, -0.15) is 0 Å². The maximum Gasteiger partial charge on any atom is 0.191 e. The van der Waals surface area contributed by atoms with E-state index in [1.54, 1.807) is 0 Å². The summed E-state index contributed by atoms with van der Waals surface area (Å²) in [6.07, 6.45) is 4.16. The third-order valence-electron chi connectivity index (χ3n) is 4.39. The molecule has 1 aliphatic carbocycles. The molecule has 2 fully saturated rings. The first-order valence-electron chi connectivity index (χ1n) is 7.98. The number of hydrogen-bond acceptors (Lipinski definition) is 3. The number of rotatable bonds is 5. The zero-order valence-electron chi connectivity index (χ0n) is 13.1. The predicted octanol–water partition coefficient (Wildman–Crippen LogP) is 2.21. The van der Waals surface area contributed by atoms with E-state index in [-0.39, 0.29) is 0 Å². The fraction of sp³-hybridized carbons (Fsp3) is 0.688. The summed E-state index contributed by atoms with van der Waals surface area (Å²) in [4.78, 5) is 9.71. The van der Waals surface area contributed by atoms with Gasteiger partial charge >= 0.3 is 0 Å². The molecule has 0 aromatic carbocycles. The van der Waals surface area contributed by atoms with Gasteiger partial charge in [-0.1, -0.05) is 0 Å². The molecule has 1 atom stereocenters. The first-order valence-corrected chi connectivity index (χ1v) is 8.80. The highest BCUT2D eigenvalue weighted by Crippen LogP contribution is 2.31. The average Bonchev–Trinajstić information content (AvgIpc) is 3.09. The van der Waals surface area contributed by atoms with Gasteiger partial charge in [0.15, 0.2) is 5.96 Å². The number of thiophene rings is 1. The van der Waals surface area contributed by atoms with Crippen LogP contribution in [0.25, 0.3) is 0 Å². The van der Waals surface area contributed by atoms with Crippen molar-refractivity contribution in [1.29, 1.82) is 0 Å². The van der Waals surface area contributed by atoms with Crippen molar-refractivity contribution >= 4 is 17.3 Å². The number of nitrogens with zero attached hydrogens (tertiary/aromatic N) is 2. The lowest BCUT2D eigenvalue weighted by molar-refractivity contribution is 0.314. The monoisotopic (exact) mass is 306 g/mol. The molecular weight excluding hydrogens is 280 g/mol. The van der Waals surface area contributed by atoms with E-state index in [0.717, 1.165) is 31.0 Å². The number of aliphatic imine (C=N–C) groups is 1. The van der Waals surface area contributed by atoms with Crippen LogP contribution in [0.15, 0.2) is 17.1 Å². The number of nitrogens with one attached hydrogen (secondary N) is 2. The SMILES string of the molecule is CN=C(NCc1ccc(C)s1)NCC1CCN(C2CC2)C1. The molecule has 1 aliphatic heterocycles. The second-order valence-corrected chi connectivity index (χ2v) is 7.57. The molecule has 4 nitrogen and oxygen atoms in total. The summed E-state index contributed by atoms with van der Waals surface area (Å²) >= 11 is 1.84. The molecule has 3 rings (SSSR count). The summed E-state index contributed by atoms with van der Waals surface area (Å²) in [6, 6.07) is 5.27. The van der Waals surface area contributed by atoms with Gasteiger partial charge in [-0.05, 0) is 50.8 Å². The second-order valence-electron chi connectivity index (χ2n) is 6.20. The van der Waals surface area contributed by atoms with Crippen molar-refractivity contribution < 1.29 is 0 Å². The molecular formula is C16H26N4S. The topological polar surface area (TPSA) is 39.7 Å². The van der Waals surface area contributed by atoms with Crippen molar-refractivity contribution in [2.75, 3.05) is 26.7 Å². The predicted molar refractivity (Wildman–Crippen MR) is 90.0 cm³/mol. The van der Waals surface area contributed by atoms with Gasteiger partial charge in [0.25, 0.3) is 0 Å². The summed E-state index contributed by atoms with van der Waals surface area (Å²) in [5, 5.41) is 6.89. The van der Waals surface area contributed by atoms with E-state index in [4.69, 9.17) is 0 Å². The zero-order chi connectivity index (χ0) is 14.7. The van der Waals surface area contributed by atoms with Gasteiger partial charge in [-0.3, -0.25) is 4.99 Å². The van der Waals surface area contributed by atoms with E-state index < -0.39 is 0 Å². The Bertz CT molecular complexity index is 492. The average molecular weight is 306 g/mol. The highest BCUT2D eigenvalue weighted by molar-refractivity contribution is 7.11. The smallest absolute Gasteiger partial charge is 0.191 e. The van der Waals surface area contributed by atoms with Crippen molar-refractivity contribution in [3.05, 3.63) is 21.9 Å². The van der Waals surface area contributed by atoms with Crippen molar-refractivity contribution in [2.45, 2.75) is 38.8 Å². The minimum absolute atomic E-state index is 0.771. The fourth-order valence-electron chi connectivity index (χ4n) is 3.01. The molecule has 1 saturated carbocycles. The molecule has 1 aromatic rings. The summed E-state index contributed by atoms with van der Waals surface area (Å²) in [7, 11) is 1.85. The van der Waals surface area contributed by atoms with Gasteiger partial charge in [-0.25, -0.2) is 0 Å². The van der Waals surface area contributed by atoms with Crippen LogP contribution in [0, 0.1) is 12.8 Å². The van der Waals surface area contributed by atoms with Crippen LogP contribution in [0.3, 0.4) is 0 Å². The maximum atomic E-state index is 4.32. The first-order chi connectivity index (χ1) is 10.2. The van der Waals surface area contributed by atoms with Gasteiger partial charge in [0, 0.05) is 35.9 Å². The van der Waals surface area contributed by atoms with Crippen LogP contribution < -0.4 is 10.6 Å². The molecule has 0 amide bonds. The fourth-order valence-corrected chi connectivity index (χ4v) is 3.84. The lowest BCUT2D eigenvalue weighted by Crippen LogP contribution is -2.39. The molecule has 116 valence electrons. The van der Waals surface area contributed by atoms with Gasteiger partial charge < -0.3 is 15.5 Å². The second kappa shape index (κ2) is 6.79. The van der Waals surface area contributed by atoms with E-state index >= 15 is 0 Å². The highest BCUT2D eigenvalue weighted by atomic mass is 32.1. The normalized spacial score (nSPS) is 23.5. The Labute approximate surface area is 131 Å². The van der Waals surface area contributed by atoms with Crippen LogP contribution in [0.1, 0.15) is 29.0 Å². The van der Waals surface area contributed by atoms with E-state index in [1.807, 2.05) is 18.4 Å². The van der Waals surface area contributed by atoms with Crippen LogP contribution >= 0.6 is 11.3 Å². The summed E-state index contributed by atoms with van der Waals surface area (Å²) in [6.45, 7) is 6.59. The molecule has 1 unspecified atom stereocenters. The van der Waals surface area contributed by atoms with E-state index in [1.165, 1.54) is 42.1 Å². The van der Waals surface area contributed by atoms with Gasteiger partial charge in [0.05, 0.1) is 6.54 Å². The maximum absolute atomic E-state index is 4.32. The molecule has 2 heterocycles. The third-order valence-corrected chi connectivity index (χ3v) is 5.39. The molecule has 21 heavy (non-hydrogen) atoms. The molecule has 2 N–H and O–H groups in total. The molecule has 0 spiro atoms. The lowest BCUT2D eigenvalue weighted by Gasteiger charge is -2.16. The Morgan fingerprint density at radius 1 is 1.33 bits per heavy atom. The minimum atomic E-state index is 0.771. The van der Waals surface area contributed by atoms with Gasteiger partial charge in [0.1, 0.15) is 0 Å². The molecule has 5 heteroatoms. The zero-order valence-corrected chi connectivity index (χ0v) is 13.9. The van der Waals surface area contributed by atoms with Crippen molar-refractivity contribution in [3.63, 3.8) is 0 Å². The van der Waals surface area contributed by atoms with Crippen LogP contribution in [0.2, 0.25) is 0 Å². The van der Waals surface area contributed by atoms with Crippen LogP contribution in [-0.4, -0.2) is 43.6 Å². The Balaban J connectivity index is 1.38. The summed E-state index contributed by atoms with van der Waals surface area (Å²) < 4.78 is 0. The van der Waals surface area contributed by atoms with Crippen LogP contribution in [0.5, 0.6) is 0 Å². The van der Waals surface area contributed by atoms with Crippen molar-refractivity contribution in [3.8, 4) is 0 Å². The van der Waals surface area contributed by atoms with Crippen LogP contribution in [-0.2, 0) is 6.54 Å². The quantitative estimate of drug-likeness (QED) is 0.647. The number of likely N-dealkylation sites (tertiary alicyclic amines) is 1. The first kappa shape index (κ1) is 14.9. The molecule has 1 saturated heterocycles. The van der Waals surface area contributed by atoms with Crippen molar-refractivity contribution in [2.24, 2.45) is 10.9 Å². The molecule has 1 aromatic heterocycles. The number of guanidine groups is 1. The Hall–Kier alpha value is -1.07. The molecule has 0 radical (unpaired) electrons. The standard InChI is InChI=1S/C16H26N4S/c1-12-3-6-15(21-12)10-19-16(17-2)18-9-13-7-8-20(11-13)14-4-5-14/h3,6,13-14H,4-5,7-11H2,1-2H3,(H2,17,18,19). The van der Waals surface area contributed by atoms with E-state index in [9.17, 15) is 0 Å². The minimum Gasteiger partial charge on any atom is -0.356 e. The number of hydrogen-bond donors (Lipinski definition) is 2. The van der Waals surface area contributed by atoms with Crippen LogP contribution in [0.4, 0.5) is 0 Å². The lowest BCUT2D eigenvalue weighted by atomic mass is 10.1. The summed E-state index contributed by atoms with van der Waals surface area (Å²) in [5.74, 6) is 1.69. The number of aryl methyl sites for hydroxylation is 1. The Morgan fingerprint density at radius 2 is 2.19 bits per heavy atom. The van der Waals surface area contributed by atoms with E-state index in [2.05, 4.69) is 39.6 Å². The molecule has 0 bridgehead atoms. The molecule has 2 aliphatic rings. The van der Waals surface area contributed by atoms with Gasteiger partial charge in [-0.15, -0.1) is 11.3 Å². The highest BCUT2D eigenvalue weighted by Gasteiger charge is 2.34. The Kier molecular flexibility index (Phi) is 4.80. The third kappa shape index (κ3) is 4.20.